The van der Waals surface area contributed by atoms with Gasteiger partial charge >= 0.3 is 5.97 Å². The van der Waals surface area contributed by atoms with Gasteiger partial charge in [-0.25, -0.2) is 0 Å². The molecule has 0 aliphatic rings. The number of rotatable bonds is 6. The first-order chi connectivity index (χ1) is 11.5. The van der Waals surface area contributed by atoms with Gasteiger partial charge < -0.3 is 31.4 Å². The summed E-state index contributed by atoms with van der Waals surface area (Å²) in [5, 5.41) is 19.3. The zero-order valence-corrected chi connectivity index (χ0v) is 16.1. The summed E-state index contributed by atoms with van der Waals surface area (Å²) in [5.74, 6) is 0.519. The number of ether oxygens (including phenoxy) is 1. The molecule has 1 N–H and O–H groups in total. The van der Waals surface area contributed by atoms with Gasteiger partial charge in [0.05, 0.1) is 0 Å². The van der Waals surface area contributed by atoms with Crippen LogP contribution in [0, 0.1) is 0 Å². The van der Waals surface area contributed by atoms with Gasteiger partial charge in [0.25, 0.3) is 0 Å². The summed E-state index contributed by atoms with van der Waals surface area (Å²) in [6, 6.07) is 14.0. The maximum atomic E-state index is 10.9. The van der Waals surface area contributed by atoms with Gasteiger partial charge in [-0.2, -0.15) is 0 Å². The van der Waals surface area contributed by atoms with Gasteiger partial charge in [-0.15, -0.1) is 10.2 Å². The fourth-order valence-electron chi connectivity index (χ4n) is 2.19. The highest BCUT2D eigenvalue weighted by atomic mass is 79.9. The van der Waals surface area contributed by atoms with Crippen molar-refractivity contribution in [1.82, 2.24) is 14.8 Å². The molecule has 132 valence electrons. The molecule has 0 saturated carbocycles. The van der Waals surface area contributed by atoms with Crippen LogP contribution in [0.3, 0.4) is 0 Å². The zero-order valence-electron chi connectivity index (χ0n) is 13.7. The molecule has 0 radical (unpaired) electrons. The molecule has 3 aromatic rings. The monoisotopic (exact) mass is 422 g/mol. The van der Waals surface area contributed by atoms with Crippen molar-refractivity contribution >= 4 is 28.5 Å². The third kappa shape index (κ3) is 4.52. The van der Waals surface area contributed by atoms with Crippen molar-refractivity contribution in [3.8, 4) is 5.75 Å². The van der Waals surface area contributed by atoms with E-state index in [0.717, 1.165) is 28.3 Å². The minimum Gasteiger partial charge on any atom is -1.00 e. The number of hydrogen-bond acceptors (Lipinski definition) is 5. The first-order valence-electron chi connectivity index (χ1n) is 7.44. The summed E-state index contributed by atoms with van der Waals surface area (Å²) in [6.07, 6.45) is 0. The Morgan fingerprint density at radius 2 is 1.96 bits per heavy atom. The summed E-state index contributed by atoms with van der Waals surface area (Å²) in [6.45, 7) is 1.89. The van der Waals surface area contributed by atoms with Crippen molar-refractivity contribution in [2.75, 3.05) is 0 Å². The standard InChI is InChI=1S/C17H17N3O3S.BrH/c1-11(16(21)22)24-17-19-18-15(20(17)2)10-23-14-8-7-12-5-3-4-6-13(12)9-14;/h3-9,11H,10H2,1-2H3,(H,21,22);1H/p-1. The molecule has 0 saturated heterocycles. The van der Waals surface area contributed by atoms with E-state index in [-0.39, 0.29) is 23.6 Å². The van der Waals surface area contributed by atoms with Gasteiger partial charge in [-0.3, -0.25) is 4.79 Å². The smallest absolute Gasteiger partial charge is 0.316 e. The van der Waals surface area contributed by atoms with E-state index in [1.54, 1.807) is 18.5 Å². The maximum absolute atomic E-state index is 10.9. The third-order valence-corrected chi connectivity index (χ3v) is 4.77. The number of nitrogens with zero attached hydrogens (tertiary/aromatic N) is 3. The summed E-state index contributed by atoms with van der Waals surface area (Å²) >= 11 is 1.16. The van der Waals surface area contributed by atoms with Gasteiger partial charge in [0.1, 0.15) is 17.6 Å². The normalized spacial score (nSPS) is 11.8. The molecule has 0 bridgehead atoms. The summed E-state index contributed by atoms with van der Waals surface area (Å²) in [4.78, 5) is 10.9. The number of aliphatic carboxylic acids is 1. The number of carboxylic acid groups (broad SMARTS) is 1. The highest BCUT2D eigenvalue weighted by Crippen LogP contribution is 2.23. The molecule has 1 heterocycles. The largest absolute Gasteiger partial charge is 1.00 e. The van der Waals surface area contributed by atoms with Crippen LogP contribution in [0.4, 0.5) is 0 Å². The number of thioether (sulfide) groups is 1. The highest BCUT2D eigenvalue weighted by Gasteiger charge is 2.18. The molecule has 25 heavy (non-hydrogen) atoms. The number of carboxylic acids is 1. The third-order valence-electron chi connectivity index (χ3n) is 3.64. The molecule has 1 atom stereocenters. The van der Waals surface area contributed by atoms with E-state index in [9.17, 15) is 4.79 Å². The molecule has 0 aliphatic heterocycles. The van der Waals surface area contributed by atoms with E-state index in [2.05, 4.69) is 16.3 Å². The Bertz CT molecular complexity index is 884. The Morgan fingerprint density at radius 3 is 2.68 bits per heavy atom. The fraction of sp³-hybridized carbons (Fsp3) is 0.235. The SMILES string of the molecule is CC(Sc1nnc(COc2ccc3ccccc3c2)n1C)C(=O)O.[Br-]. The van der Waals surface area contributed by atoms with Gasteiger partial charge in [-0.05, 0) is 29.8 Å². The average Bonchev–Trinajstić information content (AvgIpc) is 2.93. The maximum Gasteiger partial charge on any atom is 0.316 e. The summed E-state index contributed by atoms with van der Waals surface area (Å²) < 4.78 is 7.55. The minimum absolute atomic E-state index is 0. The number of carbonyl (C=O) groups is 1. The number of hydrogen-bond donors (Lipinski definition) is 1. The molecular formula is C17H17BrN3O3S-. The summed E-state index contributed by atoms with van der Waals surface area (Å²) in [7, 11) is 1.80. The lowest BCUT2D eigenvalue weighted by molar-refractivity contribution is -0.136. The van der Waals surface area contributed by atoms with E-state index in [4.69, 9.17) is 9.84 Å². The van der Waals surface area contributed by atoms with Crippen molar-refractivity contribution < 1.29 is 31.6 Å². The van der Waals surface area contributed by atoms with Crippen LogP contribution in [0.2, 0.25) is 0 Å². The predicted molar refractivity (Wildman–Crippen MR) is 92.2 cm³/mol. The lowest BCUT2D eigenvalue weighted by atomic mass is 10.1. The van der Waals surface area contributed by atoms with Crippen LogP contribution in [0.15, 0.2) is 47.6 Å². The molecule has 8 heteroatoms. The number of fused-ring (bicyclic) bond motifs is 1. The average molecular weight is 423 g/mol. The number of aromatic nitrogens is 3. The van der Waals surface area contributed by atoms with E-state index in [0.29, 0.717) is 11.0 Å². The van der Waals surface area contributed by atoms with Gasteiger partial charge in [-0.1, -0.05) is 42.1 Å². The molecule has 1 aromatic heterocycles. The summed E-state index contributed by atoms with van der Waals surface area (Å²) in [5.41, 5.74) is 0. The van der Waals surface area contributed by atoms with Crippen LogP contribution in [0.5, 0.6) is 5.75 Å². The van der Waals surface area contributed by atoms with Crippen LogP contribution in [0.1, 0.15) is 12.7 Å². The molecule has 3 rings (SSSR count). The highest BCUT2D eigenvalue weighted by molar-refractivity contribution is 8.00. The molecule has 0 fully saturated rings. The number of halogens is 1. The molecule has 0 aliphatic carbocycles. The van der Waals surface area contributed by atoms with E-state index in [1.165, 1.54) is 0 Å². The first kappa shape index (κ1) is 19.3. The molecule has 6 nitrogen and oxygen atoms in total. The second-order valence-corrected chi connectivity index (χ2v) is 6.66. The minimum atomic E-state index is -0.878. The lowest BCUT2D eigenvalue weighted by Gasteiger charge is -2.08. The first-order valence-corrected chi connectivity index (χ1v) is 8.32. The van der Waals surface area contributed by atoms with Crippen LogP contribution in [-0.4, -0.2) is 31.1 Å². The van der Waals surface area contributed by atoms with Gasteiger partial charge in [0, 0.05) is 7.05 Å². The Morgan fingerprint density at radius 1 is 1.24 bits per heavy atom. The van der Waals surface area contributed by atoms with Crippen molar-refractivity contribution in [3.05, 3.63) is 48.3 Å². The van der Waals surface area contributed by atoms with Crippen LogP contribution in [0.25, 0.3) is 10.8 Å². The van der Waals surface area contributed by atoms with Crippen molar-refractivity contribution in [2.45, 2.75) is 23.9 Å². The van der Waals surface area contributed by atoms with Crippen molar-refractivity contribution in [3.63, 3.8) is 0 Å². The second kappa shape index (κ2) is 8.35. The number of benzene rings is 2. The quantitative estimate of drug-likeness (QED) is 0.568. The van der Waals surface area contributed by atoms with Gasteiger partial charge in [0.15, 0.2) is 11.0 Å². The van der Waals surface area contributed by atoms with Crippen molar-refractivity contribution in [2.24, 2.45) is 7.05 Å². The van der Waals surface area contributed by atoms with Crippen LogP contribution in [-0.2, 0) is 18.4 Å². The van der Waals surface area contributed by atoms with E-state index < -0.39 is 11.2 Å². The fourth-order valence-corrected chi connectivity index (χ4v) is 2.96. The second-order valence-electron chi connectivity index (χ2n) is 5.35. The molecule has 1 unspecified atom stereocenters. The van der Waals surface area contributed by atoms with Crippen molar-refractivity contribution in [1.29, 1.82) is 0 Å². The van der Waals surface area contributed by atoms with E-state index in [1.807, 2.05) is 36.4 Å². The van der Waals surface area contributed by atoms with Crippen LogP contribution >= 0.6 is 11.8 Å². The molecule has 0 amide bonds. The Hall–Kier alpha value is -2.06. The Balaban J connectivity index is 0.00000225. The molecule has 2 aromatic carbocycles. The lowest BCUT2D eigenvalue weighted by Crippen LogP contribution is -3.00. The van der Waals surface area contributed by atoms with E-state index >= 15 is 0 Å². The zero-order chi connectivity index (χ0) is 17.1. The van der Waals surface area contributed by atoms with Crippen LogP contribution < -0.4 is 21.7 Å². The Labute approximate surface area is 160 Å². The Kier molecular flexibility index (Phi) is 6.44. The predicted octanol–water partition coefficient (Wildman–Crippen LogP) is 0.116. The van der Waals surface area contributed by atoms with Gasteiger partial charge in [0.2, 0.25) is 0 Å². The molecular weight excluding hydrogens is 406 g/mol. The topological polar surface area (TPSA) is 77.2 Å². The molecule has 0 spiro atoms.